The van der Waals surface area contributed by atoms with Gasteiger partial charge in [0.1, 0.15) is 5.82 Å². The molecule has 0 N–H and O–H groups in total. The maximum absolute atomic E-state index is 14.0. The molecule has 31 heavy (non-hydrogen) atoms. The van der Waals surface area contributed by atoms with Crippen LogP contribution in [0.3, 0.4) is 0 Å². The monoisotopic (exact) mass is 420 g/mol. The Balaban J connectivity index is 1.26. The number of nitrogens with zero attached hydrogens (tertiary/aromatic N) is 4. The number of unbranched alkanes of at least 4 members (excludes halogenated alkanes) is 1. The standard InChI is InChI=1S/C26H33FN4/c1-2-10-22-21-24(31(28-22)23-11-4-3-5-12-23)13-8-9-16-29-17-19-30(20-18-29)26-15-7-6-14-25(26)27/h3-7,11-12,14-15,21H,2,8-10,13,16-20H2,1H3. The lowest BCUT2D eigenvalue weighted by Gasteiger charge is -2.36. The first-order chi connectivity index (χ1) is 15.2. The number of hydrogen-bond donors (Lipinski definition) is 0. The molecule has 1 fully saturated rings. The van der Waals surface area contributed by atoms with E-state index < -0.39 is 0 Å². The van der Waals surface area contributed by atoms with Crippen LogP contribution in [0.15, 0.2) is 60.7 Å². The number of halogens is 1. The van der Waals surface area contributed by atoms with Gasteiger partial charge >= 0.3 is 0 Å². The second-order valence-electron chi connectivity index (χ2n) is 8.36. The number of aromatic nitrogens is 2. The summed E-state index contributed by atoms with van der Waals surface area (Å²) in [7, 11) is 0. The largest absolute Gasteiger partial charge is 0.367 e. The van der Waals surface area contributed by atoms with Gasteiger partial charge in [-0.15, -0.1) is 0 Å². The van der Waals surface area contributed by atoms with E-state index >= 15 is 0 Å². The topological polar surface area (TPSA) is 24.3 Å². The number of piperazine rings is 1. The van der Waals surface area contributed by atoms with Gasteiger partial charge in [0.05, 0.1) is 17.1 Å². The fourth-order valence-electron chi connectivity index (χ4n) is 4.39. The molecule has 1 saturated heterocycles. The van der Waals surface area contributed by atoms with Crippen LogP contribution in [0.25, 0.3) is 5.69 Å². The van der Waals surface area contributed by atoms with Crippen LogP contribution in [0, 0.1) is 5.82 Å². The summed E-state index contributed by atoms with van der Waals surface area (Å²) in [5.74, 6) is -0.117. The zero-order chi connectivity index (χ0) is 21.5. The molecule has 4 nitrogen and oxygen atoms in total. The molecule has 3 aromatic rings. The van der Waals surface area contributed by atoms with Crippen LogP contribution in [-0.2, 0) is 12.8 Å². The highest BCUT2D eigenvalue weighted by Crippen LogP contribution is 2.21. The molecule has 1 aliphatic rings. The third-order valence-electron chi connectivity index (χ3n) is 6.06. The van der Waals surface area contributed by atoms with Crippen molar-refractivity contribution >= 4 is 5.69 Å². The summed E-state index contributed by atoms with van der Waals surface area (Å²) >= 11 is 0. The van der Waals surface area contributed by atoms with E-state index in [9.17, 15) is 4.39 Å². The minimum atomic E-state index is -0.117. The van der Waals surface area contributed by atoms with Gasteiger partial charge in [-0.25, -0.2) is 9.07 Å². The highest BCUT2D eigenvalue weighted by molar-refractivity contribution is 5.48. The van der Waals surface area contributed by atoms with Crippen molar-refractivity contribution < 1.29 is 4.39 Å². The zero-order valence-corrected chi connectivity index (χ0v) is 18.5. The van der Waals surface area contributed by atoms with Crippen molar-refractivity contribution in [1.29, 1.82) is 0 Å². The summed E-state index contributed by atoms with van der Waals surface area (Å²) in [5.41, 5.74) is 4.37. The zero-order valence-electron chi connectivity index (χ0n) is 18.5. The number of para-hydroxylation sites is 2. The van der Waals surface area contributed by atoms with Crippen molar-refractivity contribution in [3.8, 4) is 5.69 Å². The molecular weight excluding hydrogens is 387 g/mol. The van der Waals surface area contributed by atoms with Gasteiger partial charge in [0.15, 0.2) is 0 Å². The molecule has 0 spiro atoms. The van der Waals surface area contributed by atoms with Crippen LogP contribution in [0.2, 0.25) is 0 Å². The molecule has 1 aromatic heterocycles. The third-order valence-corrected chi connectivity index (χ3v) is 6.06. The lowest BCUT2D eigenvalue weighted by molar-refractivity contribution is 0.252. The quantitative estimate of drug-likeness (QED) is 0.450. The SMILES string of the molecule is CCCc1cc(CCCCN2CCN(c3ccccc3F)CC2)n(-c2ccccc2)n1. The van der Waals surface area contributed by atoms with E-state index in [2.05, 4.69) is 51.7 Å². The highest BCUT2D eigenvalue weighted by Gasteiger charge is 2.19. The van der Waals surface area contributed by atoms with E-state index in [-0.39, 0.29) is 5.82 Å². The van der Waals surface area contributed by atoms with Crippen molar-refractivity contribution in [3.05, 3.63) is 77.9 Å². The summed E-state index contributed by atoms with van der Waals surface area (Å²) < 4.78 is 16.1. The Kier molecular flexibility index (Phi) is 7.36. The Bertz CT molecular complexity index is 945. The predicted molar refractivity (Wildman–Crippen MR) is 126 cm³/mol. The van der Waals surface area contributed by atoms with Gasteiger partial charge in [-0.2, -0.15) is 5.10 Å². The molecule has 5 heteroatoms. The summed E-state index contributed by atoms with van der Waals surface area (Å²) in [6.45, 7) is 7.08. The van der Waals surface area contributed by atoms with Crippen LogP contribution in [0.5, 0.6) is 0 Å². The Morgan fingerprint density at radius 1 is 0.871 bits per heavy atom. The number of hydrogen-bond acceptors (Lipinski definition) is 3. The van der Waals surface area contributed by atoms with Crippen molar-refractivity contribution in [2.24, 2.45) is 0 Å². The molecule has 0 radical (unpaired) electrons. The summed E-state index contributed by atoms with van der Waals surface area (Å²) in [5, 5.41) is 4.85. The van der Waals surface area contributed by atoms with Crippen molar-refractivity contribution in [2.75, 3.05) is 37.6 Å². The van der Waals surface area contributed by atoms with Crippen LogP contribution in [0.1, 0.15) is 37.6 Å². The number of anilines is 1. The van der Waals surface area contributed by atoms with Crippen LogP contribution in [0.4, 0.5) is 10.1 Å². The second-order valence-corrected chi connectivity index (χ2v) is 8.36. The molecular formula is C26H33FN4. The molecule has 2 aromatic carbocycles. The fraction of sp³-hybridized carbons (Fsp3) is 0.423. The van der Waals surface area contributed by atoms with E-state index in [0.29, 0.717) is 0 Å². The minimum absolute atomic E-state index is 0.117. The summed E-state index contributed by atoms with van der Waals surface area (Å²) in [6, 6.07) is 19.8. The second kappa shape index (κ2) is 10.6. The van der Waals surface area contributed by atoms with Gasteiger partial charge in [0, 0.05) is 31.9 Å². The van der Waals surface area contributed by atoms with Crippen LogP contribution in [-0.4, -0.2) is 47.4 Å². The smallest absolute Gasteiger partial charge is 0.146 e. The average molecular weight is 421 g/mol. The van der Waals surface area contributed by atoms with E-state index in [1.807, 2.05) is 18.2 Å². The number of aryl methyl sites for hydroxylation is 2. The lowest BCUT2D eigenvalue weighted by Crippen LogP contribution is -2.46. The molecule has 1 aliphatic heterocycles. The average Bonchev–Trinajstić information content (AvgIpc) is 3.21. The minimum Gasteiger partial charge on any atom is -0.367 e. The van der Waals surface area contributed by atoms with E-state index in [0.717, 1.165) is 69.8 Å². The Labute approximate surface area is 185 Å². The molecule has 0 atom stereocenters. The Hall–Kier alpha value is -2.66. The molecule has 0 amide bonds. The van der Waals surface area contributed by atoms with Crippen molar-refractivity contribution in [2.45, 2.75) is 39.0 Å². The maximum atomic E-state index is 14.0. The number of rotatable bonds is 9. The van der Waals surface area contributed by atoms with Gasteiger partial charge < -0.3 is 4.90 Å². The van der Waals surface area contributed by atoms with E-state index in [4.69, 9.17) is 5.10 Å². The van der Waals surface area contributed by atoms with Crippen molar-refractivity contribution in [3.63, 3.8) is 0 Å². The molecule has 2 heterocycles. The lowest BCUT2D eigenvalue weighted by atomic mass is 10.1. The van der Waals surface area contributed by atoms with Gasteiger partial charge in [0.25, 0.3) is 0 Å². The Morgan fingerprint density at radius 3 is 2.35 bits per heavy atom. The Morgan fingerprint density at radius 2 is 1.61 bits per heavy atom. The normalized spacial score (nSPS) is 14.8. The first-order valence-electron chi connectivity index (χ1n) is 11.6. The van der Waals surface area contributed by atoms with E-state index in [1.165, 1.54) is 17.8 Å². The third kappa shape index (κ3) is 5.53. The number of benzene rings is 2. The maximum Gasteiger partial charge on any atom is 0.146 e. The predicted octanol–water partition coefficient (Wildman–Crippen LogP) is 5.11. The fourth-order valence-corrected chi connectivity index (χ4v) is 4.39. The molecule has 0 bridgehead atoms. The summed E-state index contributed by atoms with van der Waals surface area (Å²) in [6.07, 6.45) is 5.50. The van der Waals surface area contributed by atoms with E-state index in [1.54, 1.807) is 12.1 Å². The molecule has 0 saturated carbocycles. The first-order valence-corrected chi connectivity index (χ1v) is 11.6. The van der Waals surface area contributed by atoms with Crippen molar-refractivity contribution in [1.82, 2.24) is 14.7 Å². The van der Waals surface area contributed by atoms with Gasteiger partial charge in [0.2, 0.25) is 0 Å². The first kappa shape index (κ1) is 21.6. The molecule has 0 aliphatic carbocycles. The summed E-state index contributed by atoms with van der Waals surface area (Å²) in [4.78, 5) is 4.67. The molecule has 164 valence electrons. The molecule has 0 unspecified atom stereocenters. The molecule has 4 rings (SSSR count). The van der Waals surface area contributed by atoms with Gasteiger partial charge in [-0.05, 0) is 62.6 Å². The van der Waals surface area contributed by atoms with Crippen LogP contribution >= 0.6 is 0 Å². The highest BCUT2D eigenvalue weighted by atomic mass is 19.1. The van der Waals surface area contributed by atoms with Crippen LogP contribution < -0.4 is 4.90 Å². The van der Waals surface area contributed by atoms with Gasteiger partial charge in [-0.3, -0.25) is 4.90 Å². The van der Waals surface area contributed by atoms with Gasteiger partial charge in [-0.1, -0.05) is 43.7 Å².